The van der Waals surface area contributed by atoms with Gasteiger partial charge in [-0.2, -0.15) is 0 Å². The minimum absolute atomic E-state index is 0.0519. The summed E-state index contributed by atoms with van der Waals surface area (Å²) in [5.74, 6) is -2.78. The van der Waals surface area contributed by atoms with Gasteiger partial charge in [0, 0.05) is 41.2 Å². The number of carbonyl (C=O) groups is 1. The third-order valence-electron chi connectivity index (χ3n) is 4.21. The molecule has 2 aromatic carbocycles. The summed E-state index contributed by atoms with van der Waals surface area (Å²) in [4.78, 5) is 15.3. The van der Waals surface area contributed by atoms with Crippen molar-refractivity contribution in [2.45, 2.75) is 4.90 Å². The minimum atomic E-state index is -3.89. The fourth-order valence-corrected chi connectivity index (χ4v) is 3.98. The van der Waals surface area contributed by atoms with E-state index in [0.717, 1.165) is 33.2 Å². The fourth-order valence-electron chi connectivity index (χ4n) is 2.75. The lowest BCUT2D eigenvalue weighted by molar-refractivity contribution is 0.102. The molecule has 0 saturated carbocycles. The zero-order valence-corrected chi connectivity index (χ0v) is 15.0. The van der Waals surface area contributed by atoms with E-state index in [1.54, 1.807) is 18.3 Å². The van der Waals surface area contributed by atoms with Gasteiger partial charge in [0.05, 0.1) is 10.5 Å². The van der Waals surface area contributed by atoms with E-state index in [1.165, 1.54) is 30.5 Å². The van der Waals surface area contributed by atoms with E-state index in [-0.39, 0.29) is 16.1 Å². The van der Waals surface area contributed by atoms with Crippen molar-refractivity contribution in [2.24, 2.45) is 0 Å². The van der Waals surface area contributed by atoms with E-state index in [9.17, 15) is 22.0 Å². The molecule has 6 nitrogen and oxygen atoms in total. The molecule has 2 aromatic heterocycles. The van der Waals surface area contributed by atoms with Crippen LogP contribution in [0.1, 0.15) is 10.4 Å². The van der Waals surface area contributed by atoms with Crippen LogP contribution < -0.4 is 5.32 Å². The Labute approximate surface area is 158 Å². The number of benzene rings is 2. The van der Waals surface area contributed by atoms with Crippen LogP contribution >= 0.6 is 0 Å². The first-order chi connectivity index (χ1) is 13.3. The van der Waals surface area contributed by atoms with Crippen LogP contribution in [0.3, 0.4) is 0 Å². The number of nitrogens with one attached hydrogen (secondary N) is 2. The van der Waals surface area contributed by atoms with E-state index in [0.29, 0.717) is 0 Å². The predicted molar refractivity (Wildman–Crippen MR) is 99.6 cm³/mol. The van der Waals surface area contributed by atoms with Gasteiger partial charge in [-0.1, -0.05) is 0 Å². The normalized spacial score (nSPS) is 11.6. The maximum atomic E-state index is 13.3. The third kappa shape index (κ3) is 3.16. The minimum Gasteiger partial charge on any atom is -0.361 e. The van der Waals surface area contributed by atoms with Crippen LogP contribution in [0.15, 0.2) is 72.0 Å². The van der Waals surface area contributed by atoms with E-state index >= 15 is 0 Å². The maximum Gasteiger partial charge on any atom is 0.267 e. The average Bonchev–Trinajstić information content (AvgIpc) is 3.33. The number of halogens is 2. The molecule has 4 aromatic rings. The van der Waals surface area contributed by atoms with Crippen molar-refractivity contribution in [3.05, 3.63) is 84.3 Å². The monoisotopic (exact) mass is 401 g/mol. The summed E-state index contributed by atoms with van der Waals surface area (Å²) >= 11 is 0. The molecule has 0 fully saturated rings. The second-order valence-corrected chi connectivity index (χ2v) is 7.89. The van der Waals surface area contributed by atoms with Crippen LogP contribution in [0.25, 0.3) is 10.9 Å². The van der Waals surface area contributed by atoms with E-state index in [2.05, 4.69) is 10.3 Å². The van der Waals surface area contributed by atoms with Crippen LogP contribution in [0, 0.1) is 11.6 Å². The number of hydrogen-bond donors (Lipinski definition) is 2. The molecule has 0 aliphatic heterocycles. The van der Waals surface area contributed by atoms with Gasteiger partial charge in [0.25, 0.3) is 15.9 Å². The molecular weight excluding hydrogens is 388 g/mol. The van der Waals surface area contributed by atoms with Gasteiger partial charge in [0.1, 0.15) is 0 Å². The number of hydrogen-bond acceptors (Lipinski definition) is 3. The standard InChI is InChI=1S/C19H13F2N3O3S/c20-16-3-1-14(10-17(16)21)23-19(25)13-6-8-24(11-13)28(26,27)15-2-4-18-12(9-15)5-7-22-18/h1-11,22H,(H,23,25). The van der Waals surface area contributed by atoms with Gasteiger partial charge in [0.15, 0.2) is 11.6 Å². The predicted octanol–water partition coefficient (Wildman–Crippen LogP) is 3.74. The average molecular weight is 401 g/mol. The number of anilines is 1. The highest BCUT2D eigenvalue weighted by Gasteiger charge is 2.19. The van der Waals surface area contributed by atoms with Crippen LogP contribution in [-0.4, -0.2) is 23.3 Å². The SMILES string of the molecule is O=C(Nc1ccc(F)c(F)c1)c1ccn(S(=O)(=O)c2ccc3[nH]ccc3c2)c1. The molecule has 4 rings (SSSR count). The molecule has 2 N–H and O–H groups in total. The van der Waals surface area contributed by atoms with Crippen molar-refractivity contribution >= 4 is 32.5 Å². The molecule has 0 atom stereocenters. The molecule has 28 heavy (non-hydrogen) atoms. The van der Waals surface area contributed by atoms with Crippen molar-refractivity contribution in [3.8, 4) is 0 Å². The third-order valence-corrected chi connectivity index (χ3v) is 5.84. The number of rotatable bonds is 4. The Hall–Kier alpha value is -3.46. The smallest absolute Gasteiger partial charge is 0.267 e. The Morgan fingerprint density at radius 2 is 1.82 bits per heavy atom. The van der Waals surface area contributed by atoms with Gasteiger partial charge >= 0.3 is 0 Å². The van der Waals surface area contributed by atoms with Gasteiger partial charge in [0.2, 0.25) is 0 Å². The van der Waals surface area contributed by atoms with Gasteiger partial charge < -0.3 is 10.3 Å². The molecule has 0 spiro atoms. The van der Waals surface area contributed by atoms with Crippen molar-refractivity contribution in [2.75, 3.05) is 5.32 Å². The first kappa shape index (κ1) is 17.9. The number of aromatic nitrogens is 2. The molecule has 0 bridgehead atoms. The molecular formula is C19H13F2N3O3S. The molecule has 0 aliphatic rings. The molecule has 0 radical (unpaired) electrons. The molecule has 0 unspecified atom stereocenters. The summed E-state index contributed by atoms with van der Waals surface area (Å²) in [6.07, 6.45) is 4.11. The summed E-state index contributed by atoms with van der Waals surface area (Å²) < 4.78 is 52.8. The molecule has 2 heterocycles. The topological polar surface area (TPSA) is 84.0 Å². The van der Waals surface area contributed by atoms with Gasteiger partial charge in [-0.15, -0.1) is 0 Å². The fraction of sp³-hybridized carbons (Fsp3) is 0. The highest BCUT2D eigenvalue weighted by molar-refractivity contribution is 7.90. The van der Waals surface area contributed by atoms with E-state index in [4.69, 9.17) is 0 Å². The quantitative estimate of drug-likeness (QED) is 0.546. The second-order valence-electron chi connectivity index (χ2n) is 6.04. The first-order valence-electron chi connectivity index (χ1n) is 8.12. The summed E-state index contributed by atoms with van der Waals surface area (Å²) in [6, 6.07) is 10.7. The number of H-pyrrole nitrogens is 1. The van der Waals surface area contributed by atoms with E-state index in [1.807, 2.05) is 0 Å². The van der Waals surface area contributed by atoms with Crippen LogP contribution in [0.5, 0.6) is 0 Å². The van der Waals surface area contributed by atoms with Crippen molar-refractivity contribution in [3.63, 3.8) is 0 Å². The van der Waals surface area contributed by atoms with Crippen LogP contribution in [0.4, 0.5) is 14.5 Å². The summed E-state index contributed by atoms with van der Waals surface area (Å²) in [7, 11) is -3.89. The van der Waals surface area contributed by atoms with E-state index < -0.39 is 27.6 Å². The van der Waals surface area contributed by atoms with Crippen molar-refractivity contribution < 1.29 is 22.0 Å². The Bertz CT molecular complexity index is 1310. The van der Waals surface area contributed by atoms with Crippen molar-refractivity contribution in [1.82, 2.24) is 8.96 Å². The number of aromatic amines is 1. The molecule has 0 aliphatic carbocycles. The lowest BCUT2D eigenvalue weighted by Crippen LogP contribution is -2.13. The highest BCUT2D eigenvalue weighted by Crippen LogP contribution is 2.21. The van der Waals surface area contributed by atoms with Gasteiger partial charge in [-0.3, -0.25) is 4.79 Å². The second kappa shape index (κ2) is 6.61. The summed E-state index contributed by atoms with van der Waals surface area (Å²) in [5.41, 5.74) is 0.909. The number of amides is 1. The van der Waals surface area contributed by atoms with Crippen molar-refractivity contribution in [1.29, 1.82) is 0 Å². The number of fused-ring (bicyclic) bond motifs is 1. The van der Waals surface area contributed by atoms with Crippen LogP contribution in [-0.2, 0) is 10.0 Å². The zero-order valence-electron chi connectivity index (χ0n) is 14.2. The maximum absolute atomic E-state index is 13.3. The number of carbonyl (C=O) groups excluding carboxylic acids is 1. The lowest BCUT2D eigenvalue weighted by atomic mass is 10.2. The molecule has 9 heteroatoms. The Morgan fingerprint density at radius 1 is 1.00 bits per heavy atom. The summed E-state index contributed by atoms with van der Waals surface area (Å²) in [5, 5.41) is 3.13. The number of nitrogens with zero attached hydrogens (tertiary/aromatic N) is 1. The highest BCUT2D eigenvalue weighted by atomic mass is 32.2. The first-order valence-corrected chi connectivity index (χ1v) is 9.56. The zero-order chi connectivity index (χ0) is 19.9. The Balaban J connectivity index is 1.60. The molecule has 142 valence electrons. The molecule has 0 saturated heterocycles. The van der Waals surface area contributed by atoms with Gasteiger partial charge in [-0.05, 0) is 42.5 Å². The summed E-state index contributed by atoms with van der Waals surface area (Å²) in [6.45, 7) is 0. The lowest BCUT2D eigenvalue weighted by Gasteiger charge is -2.06. The Kier molecular flexibility index (Phi) is 4.23. The van der Waals surface area contributed by atoms with Crippen LogP contribution in [0.2, 0.25) is 0 Å². The largest absolute Gasteiger partial charge is 0.361 e. The Morgan fingerprint density at radius 3 is 2.61 bits per heavy atom. The van der Waals surface area contributed by atoms with Gasteiger partial charge in [-0.25, -0.2) is 21.2 Å². The molecule has 1 amide bonds.